The Morgan fingerprint density at radius 2 is 1.54 bits per heavy atom. The maximum absolute atomic E-state index is 13.2. The molecule has 1 aliphatic heterocycles. The number of ether oxygens (including phenoxy) is 1. The second-order valence-corrected chi connectivity index (χ2v) is 8.49. The highest BCUT2D eigenvalue weighted by atomic mass is 16.5. The second kappa shape index (κ2) is 9.85. The average Bonchev–Trinajstić information content (AvgIpc) is 2.93. The van der Waals surface area contributed by atoms with E-state index in [2.05, 4.69) is 11.4 Å². The van der Waals surface area contributed by atoms with Gasteiger partial charge in [-0.15, -0.1) is 0 Å². The van der Waals surface area contributed by atoms with Crippen molar-refractivity contribution in [2.24, 2.45) is 0 Å². The lowest BCUT2D eigenvalue weighted by Crippen LogP contribution is -2.35. The predicted molar refractivity (Wildman–Crippen MR) is 139 cm³/mol. The van der Waals surface area contributed by atoms with Gasteiger partial charge in [0.15, 0.2) is 0 Å². The van der Waals surface area contributed by atoms with Crippen LogP contribution < -0.4 is 15.0 Å². The molecule has 4 aromatic rings. The highest BCUT2D eigenvalue weighted by Crippen LogP contribution is 2.29. The lowest BCUT2D eigenvalue weighted by molar-refractivity contribution is 0.0984. The number of aryl methyl sites for hydroxylation is 1. The van der Waals surface area contributed by atoms with E-state index >= 15 is 0 Å². The second-order valence-electron chi connectivity index (χ2n) is 8.49. The van der Waals surface area contributed by atoms with Crippen LogP contribution in [0, 0.1) is 0 Å². The fourth-order valence-electron chi connectivity index (χ4n) is 4.50. The number of anilines is 2. The number of methoxy groups -OCH3 is 1. The van der Waals surface area contributed by atoms with Gasteiger partial charge in [0, 0.05) is 29.0 Å². The van der Waals surface area contributed by atoms with Crippen molar-refractivity contribution in [3.8, 4) is 16.9 Å². The predicted octanol–water partition coefficient (Wildman–Crippen LogP) is 6.21. The quantitative estimate of drug-likeness (QED) is 0.384. The van der Waals surface area contributed by atoms with Crippen LogP contribution in [0.3, 0.4) is 0 Å². The Bertz CT molecular complexity index is 1360. The molecule has 1 heterocycles. The van der Waals surface area contributed by atoms with Crippen LogP contribution in [-0.2, 0) is 6.42 Å². The third kappa shape index (κ3) is 4.66. The Hall–Kier alpha value is -4.38. The van der Waals surface area contributed by atoms with E-state index in [4.69, 9.17) is 4.74 Å². The molecule has 0 spiro atoms. The molecule has 0 radical (unpaired) electrons. The van der Waals surface area contributed by atoms with Gasteiger partial charge < -0.3 is 15.0 Å². The molecular weight excluding hydrogens is 436 g/mol. The highest BCUT2D eigenvalue weighted by molar-refractivity contribution is 6.10. The van der Waals surface area contributed by atoms with Gasteiger partial charge >= 0.3 is 0 Å². The molecule has 0 atom stereocenters. The summed E-state index contributed by atoms with van der Waals surface area (Å²) in [6.45, 7) is 0.705. The van der Waals surface area contributed by atoms with Gasteiger partial charge in [0.05, 0.1) is 7.11 Å². The van der Waals surface area contributed by atoms with E-state index in [0.717, 1.165) is 35.4 Å². The first-order chi connectivity index (χ1) is 17.1. The fraction of sp³-hybridized carbons (Fsp3) is 0.133. The Kier molecular flexibility index (Phi) is 6.31. The zero-order valence-electron chi connectivity index (χ0n) is 19.5. The van der Waals surface area contributed by atoms with Gasteiger partial charge in [-0.2, -0.15) is 0 Å². The number of hydrogen-bond donors (Lipinski definition) is 1. The summed E-state index contributed by atoms with van der Waals surface area (Å²) in [6, 6.07) is 30.3. The molecule has 5 rings (SSSR count). The van der Waals surface area contributed by atoms with E-state index < -0.39 is 0 Å². The number of rotatable bonds is 5. The summed E-state index contributed by atoms with van der Waals surface area (Å²) in [5.41, 5.74) is 5.75. The molecule has 4 aromatic carbocycles. The maximum Gasteiger partial charge on any atom is 0.258 e. The first-order valence-electron chi connectivity index (χ1n) is 11.7. The minimum absolute atomic E-state index is 0.0279. The molecule has 1 aliphatic rings. The molecule has 0 saturated heterocycles. The number of nitrogens with one attached hydrogen (secondary N) is 1. The lowest BCUT2D eigenvalue weighted by atomic mass is 9.99. The molecule has 0 fully saturated rings. The van der Waals surface area contributed by atoms with E-state index in [1.54, 1.807) is 37.4 Å². The minimum atomic E-state index is -0.208. The van der Waals surface area contributed by atoms with Crippen LogP contribution in [0.1, 0.15) is 32.7 Å². The minimum Gasteiger partial charge on any atom is -0.497 e. The van der Waals surface area contributed by atoms with Gasteiger partial charge in [-0.25, -0.2) is 0 Å². The summed E-state index contributed by atoms with van der Waals surface area (Å²) in [6.07, 6.45) is 1.94. The lowest BCUT2D eigenvalue weighted by Gasteiger charge is -2.29. The monoisotopic (exact) mass is 462 g/mol. The van der Waals surface area contributed by atoms with Crippen molar-refractivity contribution >= 4 is 23.2 Å². The summed E-state index contributed by atoms with van der Waals surface area (Å²) >= 11 is 0. The molecule has 0 saturated carbocycles. The third-order valence-electron chi connectivity index (χ3n) is 6.32. The number of benzene rings is 4. The SMILES string of the molecule is COc1ccc(-c2ccccc2C(=O)Nc2ccc(C(=O)N3CCCc4ccccc43)cc2)cc1. The van der Waals surface area contributed by atoms with E-state index in [-0.39, 0.29) is 11.8 Å². The van der Waals surface area contributed by atoms with Crippen LogP contribution in [0.15, 0.2) is 97.1 Å². The molecular formula is C30H26N2O3. The summed E-state index contributed by atoms with van der Waals surface area (Å²) in [7, 11) is 1.63. The van der Waals surface area contributed by atoms with Gasteiger partial charge in [0.25, 0.3) is 11.8 Å². The van der Waals surface area contributed by atoms with Crippen LogP contribution in [-0.4, -0.2) is 25.5 Å². The number of para-hydroxylation sites is 1. The topological polar surface area (TPSA) is 58.6 Å². The van der Waals surface area contributed by atoms with Crippen LogP contribution in [0.4, 0.5) is 11.4 Å². The molecule has 174 valence electrons. The van der Waals surface area contributed by atoms with Gasteiger partial charge in [0.1, 0.15) is 5.75 Å². The van der Waals surface area contributed by atoms with Crippen molar-refractivity contribution in [3.05, 3.63) is 114 Å². The Morgan fingerprint density at radius 3 is 2.31 bits per heavy atom. The Morgan fingerprint density at radius 1 is 0.829 bits per heavy atom. The number of carbonyl (C=O) groups excluding carboxylic acids is 2. The van der Waals surface area contributed by atoms with Crippen molar-refractivity contribution in [1.82, 2.24) is 0 Å². The van der Waals surface area contributed by atoms with Crippen LogP contribution in [0.25, 0.3) is 11.1 Å². The standard InChI is InChI=1S/C30H26N2O3/c1-35-25-18-14-21(15-19-25)26-9-3-4-10-27(26)29(33)31-24-16-12-23(13-17-24)30(34)32-20-6-8-22-7-2-5-11-28(22)32/h2-5,7,9-19H,6,8,20H2,1H3,(H,31,33). The van der Waals surface area contributed by atoms with Crippen LogP contribution >= 0.6 is 0 Å². The molecule has 2 amide bonds. The smallest absolute Gasteiger partial charge is 0.258 e. The van der Waals surface area contributed by atoms with E-state index in [1.807, 2.05) is 65.6 Å². The van der Waals surface area contributed by atoms with E-state index in [9.17, 15) is 9.59 Å². The largest absolute Gasteiger partial charge is 0.497 e. The molecule has 0 aliphatic carbocycles. The summed E-state index contributed by atoms with van der Waals surface area (Å²) in [4.78, 5) is 28.2. The zero-order chi connectivity index (χ0) is 24.2. The van der Waals surface area contributed by atoms with Crippen molar-refractivity contribution in [2.75, 3.05) is 23.9 Å². The van der Waals surface area contributed by atoms with Gasteiger partial charge in [-0.3, -0.25) is 9.59 Å². The first-order valence-corrected chi connectivity index (χ1v) is 11.7. The fourth-order valence-corrected chi connectivity index (χ4v) is 4.50. The van der Waals surface area contributed by atoms with Gasteiger partial charge in [-0.1, -0.05) is 48.5 Å². The Labute approximate surface area is 205 Å². The van der Waals surface area contributed by atoms with E-state index in [0.29, 0.717) is 23.4 Å². The number of nitrogens with zero attached hydrogens (tertiary/aromatic N) is 1. The highest BCUT2D eigenvalue weighted by Gasteiger charge is 2.23. The van der Waals surface area contributed by atoms with Gasteiger partial charge in [0.2, 0.25) is 0 Å². The Balaban J connectivity index is 1.33. The summed E-state index contributed by atoms with van der Waals surface area (Å²) in [5, 5.41) is 2.96. The average molecular weight is 463 g/mol. The van der Waals surface area contributed by atoms with Crippen molar-refractivity contribution in [2.45, 2.75) is 12.8 Å². The number of fused-ring (bicyclic) bond motifs is 1. The molecule has 1 N–H and O–H groups in total. The normalized spacial score (nSPS) is 12.5. The number of carbonyl (C=O) groups is 2. The zero-order valence-corrected chi connectivity index (χ0v) is 19.5. The van der Waals surface area contributed by atoms with Crippen molar-refractivity contribution < 1.29 is 14.3 Å². The van der Waals surface area contributed by atoms with E-state index in [1.165, 1.54) is 5.56 Å². The van der Waals surface area contributed by atoms with Crippen LogP contribution in [0.5, 0.6) is 5.75 Å². The molecule has 0 unspecified atom stereocenters. The maximum atomic E-state index is 13.2. The molecule has 0 aromatic heterocycles. The first kappa shape index (κ1) is 22.4. The van der Waals surface area contributed by atoms with Crippen molar-refractivity contribution in [1.29, 1.82) is 0 Å². The molecule has 35 heavy (non-hydrogen) atoms. The molecule has 5 nitrogen and oxygen atoms in total. The molecule has 0 bridgehead atoms. The van der Waals surface area contributed by atoms with Gasteiger partial charge in [-0.05, 0) is 78.1 Å². The number of amides is 2. The van der Waals surface area contributed by atoms with Crippen molar-refractivity contribution in [3.63, 3.8) is 0 Å². The van der Waals surface area contributed by atoms with Crippen LogP contribution in [0.2, 0.25) is 0 Å². The number of hydrogen-bond acceptors (Lipinski definition) is 3. The third-order valence-corrected chi connectivity index (χ3v) is 6.32. The summed E-state index contributed by atoms with van der Waals surface area (Å²) < 4.78 is 5.24. The molecule has 5 heteroatoms. The summed E-state index contributed by atoms with van der Waals surface area (Å²) in [5.74, 6) is 0.527.